The van der Waals surface area contributed by atoms with Crippen molar-refractivity contribution in [3.8, 4) is 0 Å². The van der Waals surface area contributed by atoms with Crippen LogP contribution in [0.2, 0.25) is 10.0 Å². The molecule has 1 N–H and O–H groups in total. The summed E-state index contributed by atoms with van der Waals surface area (Å²) in [5, 5.41) is 9.83. The Morgan fingerprint density at radius 2 is 1.95 bits per heavy atom. The molecule has 0 fully saturated rings. The van der Waals surface area contributed by atoms with Crippen LogP contribution in [-0.2, 0) is 11.2 Å². The highest BCUT2D eigenvalue weighted by molar-refractivity contribution is 6.31. The molecule has 0 saturated carbocycles. The topological polar surface area (TPSA) is 37.3 Å². The van der Waals surface area contributed by atoms with Gasteiger partial charge in [-0.2, -0.15) is 0 Å². The molecule has 0 aliphatic carbocycles. The Bertz CT molecular complexity index is 644. The summed E-state index contributed by atoms with van der Waals surface area (Å²) in [5.41, 5.74) is 1.15. The fraction of sp³-hybridized carbons (Fsp3) is 0.133. The smallest absolute Gasteiger partial charge is 0.311 e. The molecule has 0 radical (unpaired) electrons. The van der Waals surface area contributed by atoms with Gasteiger partial charge in [-0.05, 0) is 41.8 Å². The van der Waals surface area contributed by atoms with Crippen molar-refractivity contribution in [2.75, 3.05) is 0 Å². The van der Waals surface area contributed by atoms with Crippen molar-refractivity contribution in [2.45, 2.75) is 12.3 Å². The number of benzene rings is 2. The predicted octanol–water partition coefficient (Wildman–Crippen LogP) is 4.54. The number of carboxylic acid groups (broad SMARTS) is 1. The number of aliphatic carboxylic acids is 1. The van der Waals surface area contributed by atoms with E-state index < -0.39 is 17.7 Å². The Morgan fingerprint density at radius 1 is 1.20 bits per heavy atom. The summed E-state index contributed by atoms with van der Waals surface area (Å²) in [6.07, 6.45) is 0.170. The molecule has 0 aliphatic rings. The van der Waals surface area contributed by atoms with Crippen LogP contribution >= 0.6 is 23.2 Å². The zero-order chi connectivity index (χ0) is 14.7. The van der Waals surface area contributed by atoms with Crippen LogP contribution < -0.4 is 0 Å². The van der Waals surface area contributed by atoms with Crippen molar-refractivity contribution < 1.29 is 14.3 Å². The lowest BCUT2D eigenvalue weighted by atomic mass is 9.92. The van der Waals surface area contributed by atoms with E-state index in [0.717, 1.165) is 0 Å². The molecule has 1 unspecified atom stereocenters. The monoisotopic (exact) mass is 312 g/mol. The summed E-state index contributed by atoms with van der Waals surface area (Å²) in [4.78, 5) is 11.4. The third-order valence-electron chi connectivity index (χ3n) is 2.97. The van der Waals surface area contributed by atoms with Crippen LogP contribution in [0.1, 0.15) is 17.0 Å². The molecule has 0 heterocycles. The summed E-state index contributed by atoms with van der Waals surface area (Å²) in [7, 11) is 0. The molecule has 2 aromatic rings. The van der Waals surface area contributed by atoms with Gasteiger partial charge in [0.1, 0.15) is 5.82 Å². The Hall–Kier alpha value is -1.58. The van der Waals surface area contributed by atoms with E-state index in [0.29, 0.717) is 16.1 Å². The molecule has 0 spiro atoms. The summed E-state index contributed by atoms with van der Waals surface area (Å²) >= 11 is 11.5. The van der Waals surface area contributed by atoms with Crippen LogP contribution in [-0.4, -0.2) is 11.1 Å². The second-order valence-electron chi connectivity index (χ2n) is 4.40. The van der Waals surface area contributed by atoms with Crippen LogP contribution in [0.4, 0.5) is 4.39 Å². The fourth-order valence-corrected chi connectivity index (χ4v) is 2.29. The van der Waals surface area contributed by atoms with Crippen molar-refractivity contribution in [1.82, 2.24) is 0 Å². The first-order valence-electron chi connectivity index (χ1n) is 5.89. The zero-order valence-corrected chi connectivity index (χ0v) is 11.8. The molecule has 20 heavy (non-hydrogen) atoms. The van der Waals surface area contributed by atoms with E-state index in [9.17, 15) is 14.3 Å². The summed E-state index contributed by atoms with van der Waals surface area (Å²) in [6.45, 7) is 0. The average molecular weight is 313 g/mol. The first-order valence-corrected chi connectivity index (χ1v) is 6.65. The van der Waals surface area contributed by atoms with Crippen molar-refractivity contribution in [3.05, 3.63) is 69.5 Å². The minimum atomic E-state index is -0.984. The Kier molecular flexibility index (Phi) is 4.63. The molecule has 2 nitrogen and oxygen atoms in total. The standard InChI is InChI=1S/C15H11Cl2FO2/c16-11-3-1-2-10(8-11)12(15(19)20)6-9-4-5-13(17)14(18)7-9/h1-5,7-8,12H,6H2,(H,19,20). The summed E-state index contributed by atoms with van der Waals surface area (Å²) in [6, 6.07) is 10.9. The molecule has 0 aliphatic heterocycles. The third-order valence-corrected chi connectivity index (χ3v) is 3.51. The molecule has 1 atom stereocenters. The maximum Gasteiger partial charge on any atom is 0.311 e. The van der Waals surface area contributed by atoms with E-state index in [1.54, 1.807) is 30.3 Å². The normalized spacial score (nSPS) is 12.2. The summed E-state index contributed by atoms with van der Waals surface area (Å²) < 4.78 is 13.4. The van der Waals surface area contributed by atoms with Gasteiger partial charge < -0.3 is 5.11 Å². The maximum absolute atomic E-state index is 13.4. The highest BCUT2D eigenvalue weighted by atomic mass is 35.5. The first-order chi connectivity index (χ1) is 9.47. The van der Waals surface area contributed by atoms with Gasteiger partial charge in [0, 0.05) is 5.02 Å². The molecule has 2 aromatic carbocycles. The number of carboxylic acids is 1. The highest BCUT2D eigenvalue weighted by Gasteiger charge is 2.21. The van der Waals surface area contributed by atoms with Gasteiger partial charge in [0.2, 0.25) is 0 Å². The van der Waals surface area contributed by atoms with Gasteiger partial charge >= 0.3 is 5.97 Å². The second kappa shape index (κ2) is 6.25. The van der Waals surface area contributed by atoms with E-state index in [2.05, 4.69) is 0 Å². The van der Waals surface area contributed by atoms with E-state index in [4.69, 9.17) is 23.2 Å². The Balaban J connectivity index is 2.30. The fourth-order valence-electron chi connectivity index (χ4n) is 1.97. The maximum atomic E-state index is 13.4. The zero-order valence-electron chi connectivity index (χ0n) is 10.3. The molecule has 2 rings (SSSR count). The van der Waals surface area contributed by atoms with E-state index >= 15 is 0 Å². The van der Waals surface area contributed by atoms with Gasteiger partial charge in [-0.1, -0.05) is 41.4 Å². The molecule has 0 aromatic heterocycles. The Morgan fingerprint density at radius 3 is 2.55 bits per heavy atom. The van der Waals surface area contributed by atoms with Crippen molar-refractivity contribution in [1.29, 1.82) is 0 Å². The number of hydrogen-bond donors (Lipinski definition) is 1. The van der Waals surface area contributed by atoms with Crippen LogP contribution in [0.15, 0.2) is 42.5 Å². The average Bonchev–Trinajstić information content (AvgIpc) is 2.39. The number of carbonyl (C=O) groups is 1. The van der Waals surface area contributed by atoms with Gasteiger partial charge in [-0.25, -0.2) is 4.39 Å². The van der Waals surface area contributed by atoms with Gasteiger partial charge in [0.15, 0.2) is 0 Å². The molecule has 5 heteroatoms. The third kappa shape index (κ3) is 3.50. The van der Waals surface area contributed by atoms with Gasteiger partial charge in [-0.15, -0.1) is 0 Å². The lowest BCUT2D eigenvalue weighted by molar-refractivity contribution is -0.138. The van der Waals surface area contributed by atoms with E-state index in [-0.39, 0.29) is 11.4 Å². The number of halogens is 3. The first kappa shape index (κ1) is 14.8. The second-order valence-corrected chi connectivity index (χ2v) is 5.24. The molecular formula is C15H11Cl2FO2. The molecule has 0 saturated heterocycles. The lowest BCUT2D eigenvalue weighted by Gasteiger charge is -2.13. The van der Waals surface area contributed by atoms with Gasteiger partial charge in [0.05, 0.1) is 10.9 Å². The minimum Gasteiger partial charge on any atom is -0.481 e. The van der Waals surface area contributed by atoms with E-state index in [1.807, 2.05) is 0 Å². The van der Waals surface area contributed by atoms with Crippen LogP contribution in [0.25, 0.3) is 0 Å². The number of rotatable bonds is 4. The summed E-state index contributed by atoms with van der Waals surface area (Å²) in [5.74, 6) is -2.32. The quantitative estimate of drug-likeness (QED) is 0.899. The van der Waals surface area contributed by atoms with Gasteiger partial charge in [-0.3, -0.25) is 4.79 Å². The molecule has 104 valence electrons. The molecular weight excluding hydrogens is 302 g/mol. The van der Waals surface area contributed by atoms with Crippen LogP contribution in [0.3, 0.4) is 0 Å². The van der Waals surface area contributed by atoms with Crippen LogP contribution in [0.5, 0.6) is 0 Å². The van der Waals surface area contributed by atoms with Crippen molar-refractivity contribution in [2.24, 2.45) is 0 Å². The molecule has 0 bridgehead atoms. The number of hydrogen-bond acceptors (Lipinski definition) is 1. The molecule has 0 amide bonds. The van der Waals surface area contributed by atoms with Crippen molar-refractivity contribution in [3.63, 3.8) is 0 Å². The lowest BCUT2D eigenvalue weighted by Crippen LogP contribution is -2.14. The van der Waals surface area contributed by atoms with E-state index in [1.165, 1.54) is 12.1 Å². The van der Waals surface area contributed by atoms with Crippen molar-refractivity contribution >= 4 is 29.2 Å². The van der Waals surface area contributed by atoms with Gasteiger partial charge in [0.25, 0.3) is 0 Å². The SMILES string of the molecule is O=C(O)C(Cc1ccc(Cl)c(F)c1)c1cccc(Cl)c1. The van der Waals surface area contributed by atoms with Crippen LogP contribution in [0, 0.1) is 5.82 Å². The minimum absolute atomic E-state index is 0.0170. The largest absolute Gasteiger partial charge is 0.481 e. The highest BCUT2D eigenvalue weighted by Crippen LogP contribution is 2.25. The predicted molar refractivity (Wildman–Crippen MR) is 76.9 cm³/mol. The Labute approximate surface area is 125 Å².